The minimum absolute atomic E-state index is 0.0380. The zero-order valence-electron chi connectivity index (χ0n) is 9.38. The van der Waals surface area contributed by atoms with Gasteiger partial charge in [0.1, 0.15) is 11.6 Å². The first-order valence-corrected chi connectivity index (χ1v) is 5.15. The maximum atomic E-state index is 10.7. The van der Waals surface area contributed by atoms with Crippen LogP contribution in [0.1, 0.15) is 18.9 Å². The Bertz CT molecular complexity index is 452. The van der Waals surface area contributed by atoms with E-state index in [-0.39, 0.29) is 11.3 Å². The van der Waals surface area contributed by atoms with Gasteiger partial charge in [-0.2, -0.15) is 5.26 Å². The van der Waals surface area contributed by atoms with Gasteiger partial charge in [-0.15, -0.1) is 0 Å². The standard InChI is InChI=1S/C11H13N3O3/c1-8(15)4-5-13-10-3-2-9(7-12)11(6-10)14(16)17/h2-3,6,8,13,15H,4-5H2,1H3. The van der Waals surface area contributed by atoms with Crippen LogP contribution in [0.5, 0.6) is 0 Å². The van der Waals surface area contributed by atoms with Crippen molar-refractivity contribution in [2.45, 2.75) is 19.4 Å². The summed E-state index contributed by atoms with van der Waals surface area (Å²) in [4.78, 5) is 10.1. The van der Waals surface area contributed by atoms with Crippen molar-refractivity contribution in [3.05, 3.63) is 33.9 Å². The second-order valence-corrected chi connectivity index (χ2v) is 3.67. The van der Waals surface area contributed by atoms with Gasteiger partial charge < -0.3 is 10.4 Å². The maximum Gasteiger partial charge on any atom is 0.289 e. The molecule has 0 radical (unpaired) electrons. The Balaban J connectivity index is 2.79. The van der Waals surface area contributed by atoms with Crippen molar-refractivity contribution >= 4 is 11.4 Å². The molecule has 17 heavy (non-hydrogen) atoms. The quantitative estimate of drug-likeness (QED) is 0.597. The molecule has 1 rings (SSSR count). The first kappa shape index (κ1) is 12.9. The molecule has 1 atom stereocenters. The summed E-state index contributed by atoms with van der Waals surface area (Å²) in [6, 6.07) is 6.10. The highest BCUT2D eigenvalue weighted by Gasteiger charge is 2.13. The van der Waals surface area contributed by atoms with Crippen LogP contribution in [-0.4, -0.2) is 22.7 Å². The number of hydrogen-bond donors (Lipinski definition) is 2. The van der Waals surface area contributed by atoms with Crippen LogP contribution in [-0.2, 0) is 0 Å². The lowest BCUT2D eigenvalue weighted by molar-refractivity contribution is -0.385. The Morgan fingerprint density at radius 1 is 1.65 bits per heavy atom. The summed E-state index contributed by atoms with van der Waals surface area (Å²) in [5.74, 6) is 0. The molecule has 0 fully saturated rings. The van der Waals surface area contributed by atoms with Crippen LogP contribution >= 0.6 is 0 Å². The Morgan fingerprint density at radius 2 is 2.35 bits per heavy atom. The van der Waals surface area contributed by atoms with Gasteiger partial charge in [0.25, 0.3) is 5.69 Å². The lowest BCUT2D eigenvalue weighted by Crippen LogP contribution is -2.09. The molecule has 1 aromatic carbocycles. The largest absolute Gasteiger partial charge is 0.393 e. The fourth-order valence-electron chi connectivity index (χ4n) is 1.31. The summed E-state index contributed by atoms with van der Waals surface area (Å²) < 4.78 is 0. The lowest BCUT2D eigenvalue weighted by Gasteiger charge is -2.07. The van der Waals surface area contributed by atoms with Crippen molar-refractivity contribution in [2.24, 2.45) is 0 Å². The number of hydrogen-bond acceptors (Lipinski definition) is 5. The summed E-state index contributed by atoms with van der Waals surface area (Å²) in [7, 11) is 0. The summed E-state index contributed by atoms with van der Waals surface area (Å²) in [6.07, 6.45) is 0.129. The van der Waals surface area contributed by atoms with Gasteiger partial charge in [0, 0.05) is 18.3 Å². The van der Waals surface area contributed by atoms with E-state index < -0.39 is 11.0 Å². The van der Waals surface area contributed by atoms with E-state index in [1.54, 1.807) is 19.1 Å². The normalized spacial score (nSPS) is 11.6. The molecule has 0 aliphatic carbocycles. The first-order chi connectivity index (χ1) is 8.04. The van der Waals surface area contributed by atoms with E-state index in [0.717, 1.165) is 0 Å². The molecule has 0 aliphatic rings. The molecule has 0 bridgehead atoms. The smallest absolute Gasteiger partial charge is 0.289 e. The summed E-state index contributed by atoms with van der Waals surface area (Å²) >= 11 is 0. The molecule has 0 heterocycles. The van der Waals surface area contributed by atoms with E-state index >= 15 is 0 Å². The van der Waals surface area contributed by atoms with Crippen LogP contribution in [0.3, 0.4) is 0 Å². The van der Waals surface area contributed by atoms with Gasteiger partial charge in [0.2, 0.25) is 0 Å². The second-order valence-electron chi connectivity index (χ2n) is 3.67. The molecule has 6 nitrogen and oxygen atoms in total. The van der Waals surface area contributed by atoms with Crippen LogP contribution in [0.4, 0.5) is 11.4 Å². The van der Waals surface area contributed by atoms with Crippen molar-refractivity contribution in [2.75, 3.05) is 11.9 Å². The highest BCUT2D eigenvalue weighted by molar-refractivity contribution is 5.59. The number of nitrogens with one attached hydrogen (secondary N) is 1. The van der Waals surface area contributed by atoms with Crippen LogP contribution in [0.2, 0.25) is 0 Å². The predicted molar refractivity (Wildman–Crippen MR) is 62.6 cm³/mol. The van der Waals surface area contributed by atoms with Crippen molar-refractivity contribution in [1.29, 1.82) is 5.26 Å². The zero-order chi connectivity index (χ0) is 12.8. The molecule has 6 heteroatoms. The molecule has 0 amide bonds. The molecular weight excluding hydrogens is 222 g/mol. The van der Waals surface area contributed by atoms with Crippen LogP contribution in [0, 0.1) is 21.4 Å². The Labute approximate surface area is 98.6 Å². The average Bonchev–Trinajstić information content (AvgIpc) is 2.28. The fraction of sp³-hybridized carbons (Fsp3) is 0.364. The minimum Gasteiger partial charge on any atom is -0.393 e. The topological polar surface area (TPSA) is 99.2 Å². The van der Waals surface area contributed by atoms with Crippen molar-refractivity contribution in [3.8, 4) is 6.07 Å². The third-order valence-corrected chi connectivity index (χ3v) is 2.21. The second kappa shape index (κ2) is 5.82. The third kappa shape index (κ3) is 3.74. The SMILES string of the molecule is CC(O)CCNc1ccc(C#N)c([N+](=O)[O-])c1. The average molecular weight is 235 g/mol. The van der Waals surface area contributed by atoms with Gasteiger partial charge in [0.05, 0.1) is 11.0 Å². The predicted octanol–water partition coefficient (Wildman–Crippen LogP) is 1.65. The molecule has 0 saturated carbocycles. The molecule has 0 aromatic heterocycles. The van der Waals surface area contributed by atoms with E-state index in [1.165, 1.54) is 12.1 Å². The van der Waals surface area contributed by atoms with Gasteiger partial charge in [-0.1, -0.05) is 0 Å². The molecular formula is C11H13N3O3. The Kier molecular flexibility index (Phi) is 4.43. The minimum atomic E-state index is -0.585. The molecule has 1 unspecified atom stereocenters. The van der Waals surface area contributed by atoms with Gasteiger partial charge in [-0.25, -0.2) is 0 Å². The van der Waals surface area contributed by atoms with Gasteiger partial charge in [0.15, 0.2) is 0 Å². The van der Waals surface area contributed by atoms with Gasteiger partial charge >= 0.3 is 0 Å². The highest BCUT2D eigenvalue weighted by Crippen LogP contribution is 2.22. The van der Waals surface area contributed by atoms with Crippen molar-refractivity contribution in [1.82, 2.24) is 0 Å². The van der Waals surface area contributed by atoms with Crippen LogP contribution in [0.25, 0.3) is 0 Å². The van der Waals surface area contributed by atoms with E-state index in [1.807, 2.05) is 0 Å². The van der Waals surface area contributed by atoms with Crippen LogP contribution in [0.15, 0.2) is 18.2 Å². The summed E-state index contributed by atoms with van der Waals surface area (Å²) in [6.45, 7) is 2.18. The molecule has 0 aliphatic heterocycles. The monoisotopic (exact) mass is 235 g/mol. The molecule has 2 N–H and O–H groups in total. The van der Waals surface area contributed by atoms with Gasteiger partial charge in [-0.3, -0.25) is 10.1 Å². The van der Waals surface area contributed by atoms with E-state index in [2.05, 4.69) is 5.32 Å². The van der Waals surface area contributed by atoms with E-state index in [0.29, 0.717) is 18.7 Å². The first-order valence-electron chi connectivity index (χ1n) is 5.15. The number of nitro groups is 1. The van der Waals surface area contributed by atoms with Gasteiger partial charge in [-0.05, 0) is 25.5 Å². The number of benzene rings is 1. The summed E-state index contributed by atoms with van der Waals surface area (Å²) in [5.41, 5.74) is 0.391. The lowest BCUT2D eigenvalue weighted by atomic mass is 10.1. The number of anilines is 1. The number of nitro benzene ring substituents is 1. The zero-order valence-corrected chi connectivity index (χ0v) is 9.38. The molecule has 0 spiro atoms. The summed E-state index contributed by atoms with van der Waals surface area (Å²) in [5, 5.41) is 31.4. The van der Waals surface area contributed by atoms with E-state index in [9.17, 15) is 10.1 Å². The highest BCUT2D eigenvalue weighted by atomic mass is 16.6. The number of rotatable bonds is 5. The number of nitrogens with zero attached hydrogens (tertiary/aromatic N) is 2. The Morgan fingerprint density at radius 3 is 2.88 bits per heavy atom. The third-order valence-electron chi connectivity index (χ3n) is 2.21. The molecule has 1 aromatic rings. The van der Waals surface area contributed by atoms with E-state index in [4.69, 9.17) is 10.4 Å². The van der Waals surface area contributed by atoms with Crippen molar-refractivity contribution < 1.29 is 10.0 Å². The maximum absolute atomic E-state index is 10.7. The molecule has 0 saturated heterocycles. The number of aliphatic hydroxyl groups excluding tert-OH is 1. The number of aliphatic hydroxyl groups is 1. The fourth-order valence-corrected chi connectivity index (χ4v) is 1.31. The van der Waals surface area contributed by atoms with Crippen LogP contribution < -0.4 is 5.32 Å². The Hall–Kier alpha value is -2.13. The number of nitriles is 1. The van der Waals surface area contributed by atoms with Crippen molar-refractivity contribution in [3.63, 3.8) is 0 Å². The molecule has 90 valence electrons.